The van der Waals surface area contributed by atoms with Crippen LogP contribution in [-0.4, -0.2) is 43.9 Å². The van der Waals surface area contributed by atoms with Crippen molar-refractivity contribution < 1.29 is 12.8 Å². The Hall–Kier alpha value is -0.760. The van der Waals surface area contributed by atoms with Gasteiger partial charge in [-0.25, -0.2) is 12.8 Å². The molecule has 3 rings (SSSR count). The Morgan fingerprint density at radius 2 is 1.89 bits per heavy atom. The van der Waals surface area contributed by atoms with Crippen LogP contribution in [0.3, 0.4) is 0 Å². The Kier molecular flexibility index (Phi) is 4.10. The van der Waals surface area contributed by atoms with E-state index >= 15 is 0 Å². The van der Waals surface area contributed by atoms with Gasteiger partial charge in [-0.1, -0.05) is 0 Å². The van der Waals surface area contributed by atoms with Crippen molar-refractivity contribution in [2.24, 2.45) is 11.8 Å². The summed E-state index contributed by atoms with van der Waals surface area (Å²) < 4.78 is 39.1. The minimum atomic E-state index is -3.60. The van der Waals surface area contributed by atoms with Crippen LogP contribution in [0.25, 0.3) is 0 Å². The fourth-order valence-corrected chi connectivity index (χ4v) is 4.22. The second-order valence-electron chi connectivity index (χ2n) is 4.84. The average Bonchev–Trinajstić information content (AvgIpc) is 2.89. The van der Waals surface area contributed by atoms with Gasteiger partial charge < -0.3 is 5.32 Å². The van der Waals surface area contributed by atoms with Crippen LogP contribution in [0.5, 0.6) is 0 Å². The van der Waals surface area contributed by atoms with E-state index in [0.29, 0.717) is 24.9 Å². The average molecular weight is 308 g/mol. The highest BCUT2D eigenvalue weighted by Crippen LogP contribution is 2.30. The highest BCUT2D eigenvalue weighted by molar-refractivity contribution is 7.89. The third kappa shape index (κ3) is 2.60. The lowest BCUT2D eigenvalue weighted by Crippen LogP contribution is -2.32. The van der Waals surface area contributed by atoms with Crippen molar-refractivity contribution in [3.05, 3.63) is 24.3 Å². The summed E-state index contributed by atoms with van der Waals surface area (Å²) in [7, 11) is -3.60. The van der Waals surface area contributed by atoms with Crippen LogP contribution < -0.4 is 5.32 Å². The van der Waals surface area contributed by atoms with E-state index < -0.39 is 15.8 Å². The number of sulfonamides is 1. The molecule has 2 fully saturated rings. The molecular weight excluding hydrogens is 293 g/mol. The van der Waals surface area contributed by atoms with E-state index in [1.54, 1.807) is 0 Å². The molecule has 0 unspecified atom stereocenters. The summed E-state index contributed by atoms with van der Waals surface area (Å²) in [6.07, 6.45) is 2.20. The van der Waals surface area contributed by atoms with Gasteiger partial charge in [-0.3, -0.25) is 4.98 Å². The standard InChI is InChI=1S/C11H14FN3O2S.ClH/c12-10-1-11(5-14-4-10)18(16,17)15-6-8-2-13-3-9(8)7-15;/h1,4-5,8-9,13H,2-3,6-7H2;1H/t8-,9+;. The summed E-state index contributed by atoms with van der Waals surface area (Å²) in [6, 6.07) is 1.02. The van der Waals surface area contributed by atoms with Gasteiger partial charge in [0.1, 0.15) is 10.7 Å². The normalized spacial score (nSPS) is 27.0. The van der Waals surface area contributed by atoms with Gasteiger partial charge in [0.2, 0.25) is 10.0 Å². The van der Waals surface area contributed by atoms with E-state index in [-0.39, 0.29) is 17.3 Å². The molecule has 1 aromatic heterocycles. The first-order valence-electron chi connectivity index (χ1n) is 5.89. The number of fused-ring (bicyclic) bond motifs is 1. The number of nitrogens with one attached hydrogen (secondary N) is 1. The third-order valence-corrected chi connectivity index (χ3v) is 5.47. The predicted octanol–water partition coefficient (Wildman–Crippen LogP) is 0.482. The zero-order chi connectivity index (χ0) is 12.8. The molecule has 2 atom stereocenters. The fourth-order valence-electron chi connectivity index (χ4n) is 2.69. The molecule has 8 heteroatoms. The quantitative estimate of drug-likeness (QED) is 0.863. The summed E-state index contributed by atoms with van der Waals surface area (Å²) in [5, 5.41) is 3.25. The van der Waals surface area contributed by atoms with Crippen molar-refractivity contribution in [3.63, 3.8) is 0 Å². The summed E-state index contributed by atoms with van der Waals surface area (Å²) in [6.45, 7) is 2.74. The van der Waals surface area contributed by atoms with E-state index in [9.17, 15) is 12.8 Å². The molecule has 19 heavy (non-hydrogen) atoms. The molecular formula is C11H15ClFN3O2S. The smallest absolute Gasteiger partial charge is 0.244 e. The maximum Gasteiger partial charge on any atom is 0.244 e. The number of rotatable bonds is 2. The zero-order valence-electron chi connectivity index (χ0n) is 10.1. The van der Waals surface area contributed by atoms with Crippen molar-refractivity contribution in [2.45, 2.75) is 4.90 Å². The van der Waals surface area contributed by atoms with Gasteiger partial charge in [0.15, 0.2) is 0 Å². The lowest BCUT2D eigenvalue weighted by molar-refractivity contribution is 0.447. The Morgan fingerprint density at radius 3 is 2.47 bits per heavy atom. The molecule has 0 aliphatic carbocycles. The van der Waals surface area contributed by atoms with Gasteiger partial charge in [-0.15, -0.1) is 12.4 Å². The second-order valence-corrected chi connectivity index (χ2v) is 6.78. The Balaban J connectivity index is 0.00000133. The Bertz CT molecular complexity index is 557. The molecule has 0 saturated carbocycles. The minimum Gasteiger partial charge on any atom is -0.316 e. The van der Waals surface area contributed by atoms with Crippen LogP contribution in [0.2, 0.25) is 0 Å². The molecule has 0 spiro atoms. The molecule has 106 valence electrons. The number of pyridine rings is 1. The molecule has 1 aromatic rings. The number of nitrogens with zero attached hydrogens (tertiary/aromatic N) is 2. The molecule has 5 nitrogen and oxygen atoms in total. The zero-order valence-corrected chi connectivity index (χ0v) is 11.8. The van der Waals surface area contributed by atoms with Crippen LogP contribution in [0.4, 0.5) is 4.39 Å². The van der Waals surface area contributed by atoms with Gasteiger partial charge in [-0.05, 0) is 31.0 Å². The van der Waals surface area contributed by atoms with Gasteiger partial charge in [0, 0.05) is 19.3 Å². The van der Waals surface area contributed by atoms with Crippen LogP contribution in [0, 0.1) is 17.7 Å². The molecule has 0 bridgehead atoms. The van der Waals surface area contributed by atoms with Gasteiger partial charge >= 0.3 is 0 Å². The van der Waals surface area contributed by atoms with Crippen molar-refractivity contribution in [1.82, 2.24) is 14.6 Å². The largest absolute Gasteiger partial charge is 0.316 e. The lowest BCUT2D eigenvalue weighted by atomic mass is 10.0. The van der Waals surface area contributed by atoms with Gasteiger partial charge in [0.25, 0.3) is 0 Å². The first-order valence-corrected chi connectivity index (χ1v) is 7.33. The number of hydrogen-bond donors (Lipinski definition) is 1. The van der Waals surface area contributed by atoms with Crippen molar-refractivity contribution in [3.8, 4) is 0 Å². The van der Waals surface area contributed by atoms with Crippen LogP contribution in [0.15, 0.2) is 23.4 Å². The third-order valence-electron chi connectivity index (χ3n) is 3.67. The molecule has 2 aliphatic rings. The van der Waals surface area contributed by atoms with Crippen LogP contribution in [-0.2, 0) is 10.0 Å². The first kappa shape index (κ1) is 14.6. The van der Waals surface area contributed by atoms with E-state index in [1.807, 2.05) is 0 Å². The van der Waals surface area contributed by atoms with Gasteiger partial charge in [0.05, 0.1) is 6.20 Å². The number of aromatic nitrogens is 1. The topological polar surface area (TPSA) is 62.3 Å². The van der Waals surface area contributed by atoms with E-state index in [0.717, 1.165) is 25.4 Å². The van der Waals surface area contributed by atoms with Crippen molar-refractivity contribution >= 4 is 22.4 Å². The van der Waals surface area contributed by atoms with Gasteiger partial charge in [-0.2, -0.15) is 4.31 Å². The van der Waals surface area contributed by atoms with E-state index in [4.69, 9.17) is 0 Å². The van der Waals surface area contributed by atoms with Crippen LogP contribution in [0.1, 0.15) is 0 Å². The maximum atomic E-state index is 13.1. The maximum absolute atomic E-state index is 13.1. The Morgan fingerprint density at radius 1 is 1.26 bits per heavy atom. The predicted molar refractivity (Wildman–Crippen MR) is 70.1 cm³/mol. The number of hydrogen-bond acceptors (Lipinski definition) is 4. The summed E-state index contributed by atoms with van der Waals surface area (Å²) >= 11 is 0. The van der Waals surface area contributed by atoms with Crippen molar-refractivity contribution in [2.75, 3.05) is 26.2 Å². The second kappa shape index (κ2) is 5.32. The molecule has 0 aromatic carbocycles. The SMILES string of the molecule is Cl.O=S(=O)(c1cncc(F)c1)N1C[C@H]2CNC[C@H]2C1. The summed E-state index contributed by atoms with van der Waals surface area (Å²) in [5.41, 5.74) is 0. The molecule has 2 aliphatic heterocycles. The molecule has 2 saturated heterocycles. The molecule has 3 heterocycles. The summed E-state index contributed by atoms with van der Waals surface area (Å²) in [4.78, 5) is 3.54. The highest BCUT2D eigenvalue weighted by Gasteiger charge is 2.41. The molecule has 1 N–H and O–H groups in total. The molecule has 0 amide bonds. The lowest BCUT2D eigenvalue weighted by Gasteiger charge is -2.17. The highest BCUT2D eigenvalue weighted by atomic mass is 35.5. The summed E-state index contributed by atoms with van der Waals surface area (Å²) in [5.74, 6) is 0.125. The first-order chi connectivity index (χ1) is 8.57. The fraction of sp³-hybridized carbons (Fsp3) is 0.545. The van der Waals surface area contributed by atoms with Crippen LogP contribution >= 0.6 is 12.4 Å². The Labute approximate surface area is 117 Å². The molecule has 0 radical (unpaired) electrons. The van der Waals surface area contributed by atoms with E-state index in [2.05, 4.69) is 10.3 Å². The minimum absolute atomic E-state index is 0. The van der Waals surface area contributed by atoms with E-state index in [1.165, 1.54) is 10.5 Å². The monoisotopic (exact) mass is 307 g/mol. The van der Waals surface area contributed by atoms with Crippen molar-refractivity contribution in [1.29, 1.82) is 0 Å². The number of halogens is 2.